The van der Waals surface area contributed by atoms with E-state index in [1.807, 2.05) is 37.3 Å². The number of rotatable bonds is 4. The predicted octanol–water partition coefficient (Wildman–Crippen LogP) is 6.25. The number of esters is 1. The van der Waals surface area contributed by atoms with E-state index >= 15 is 0 Å². The molecule has 0 spiro atoms. The van der Waals surface area contributed by atoms with Crippen LogP contribution in [0.5, 0.6) is 0 Å². The minimum absolute atomic E-state index is 0.0385. The molecule has 0 saturated heterocycles. The maximum Gasteiger partial charge on any atom is 0.337 e. The lowest BCUT2D eigenvalue weighted by Crippen LogP contribution is -2.36. The molecule has 1 N–H and O–H groups in total. The maximum absolute atomic E-state index is 13.5. The number of nitrogens with one attached hydrogen (secondary N) is 1. The molecule has 0 bridgehead atoms. The molecule has 32 heavy (non-hydrogen) atoms. The Morgan fingerprint density at radius 2 is 1.97 bits per heavy atom. The van der Waals surface area contributed by atoms with Gasteiger partial charge in [-0.15, -0.1) is 11.3 Å². The second-order valence-electron chi connectivity index (χ2n) is 8.90. The van der Waals surface area contributed by atoms with Crippen molar-refractivity contribution in [1.29, 1.82) is 0 Å². The first kappa shape index (κ1) is 21.5. The van der Waals surface area contributed by atoms with E-state index < -0.39 is 5.92 Å². The number of ether oxygens (including phenoxy) is 1. The Hall–Kier alpha value is -2.37. The fourth-order valence-corrected chi connectivity index (χ4v) is 6.30. The molecule has 5 rings (SSSR count). The molecule has 0 amide bonds. The third-order valence-electron chi connectivity index (χ3n) is 6.75. The zero-order valence-corrected chi connectivity index (χ0v) is 19.6. The van der Waals surface area contributed by atoms with Crippen LogP contribution in [-0.4, -0.2) is 17.9 Å². The van der Waals surface area contributed by atoms with Gasteiger partial charge in [-0.1, -0.05) is 29.8 Å². The highest BCUT2D eigenvalue weighted by atomic mass is 35.5. The molecule has 2 aromatic rings. The van der Waals surface area contributed by atoms with Crippen molar-refractivity contribution in [2.45, 2.75) is 63.4 Å². The van der Waals surface area contributed by atoms with Crippen molar-refractivity contribution in [1.82, 2.24) is 5.32 Å². The summed E-state index contributed by atoms with van der Waals surface area (Å²) in [5.74, 6) is -0.545. The van der Waals surface area contributed by atoms with Crippen LogP contribution in [-0.2, 0) is 14.3 Å². The van der Waals surface area contributed by atoms with Crippen LogP contribution in [0, 0.1) is 0 Å². The van der Waals surface area contributed by atoms with Gasteiger partial charge in [0, 0.05) is 45.1 Å². The molecule has 3 aliphatic rings. The quantitative estimate of drug-likeness (QED) is 0.540. The van der Waals surface area contributed by atoms with Gasteiger partial charge in [0.05, 0.1) is 5.57 Å². The molecule has 1 aromatic heterocycles. The van der Waals surface area contributed by atoms with Crippen LogP contribution >= 0.6 is 22.9 Å². The molecule has 1 aromatic carbocycles. The highest BCUT2D eigenvalue weighted by Crippen LogP contribution is 2.46. The van der Waals surface area contributed by atoms with Crippen molar-refractivity contribution < 1.29 is 14.3 Å². The standard InChI is InChI=1S/C26H26ClNO3S/c1-15-23(26(30)31-19-8-2-3-9-19)24(16-6-4-7-18(27)12-16)25-20(28-15)13-17(14-21(25)29)22-10-5-11-32-22/h4-7,10-12,17,19,24,28H,2-3,8-9,13-14H2,1H3. The van der Waals surface area contributed by atoms with E-state index in [1.54, 1.807) is 11.3 Å². The Morgan fingerprint density at radius 1 is 1.16 bits per heavy atom. The van der Waals surface area contributed by atoms with Crippen molar-refractivity contribution in [3.63, 3.8) is 0 Å². The van der Waals surface area contributed by atoms with E-state index in [0.29, 0.717) is 22.6 Å². The fraction of sp³-hybridized carbons (Fsp3) is 0.385. The number of carbonyl (C=O) groups is 2. The lowest BCUT2D eigenvalue weighted by molar-refractivity contribution is -0.144. The molecule has 1 fully saturated rings. The fourth-order valence-electron chi connectivity index (χ4n) is 5.27. The number of halogens is 1. The number of thiophene rings is 1. The predicted molar refractivity (Wildman–Crippen MR) is 127 cm³/mol. The average Bonchev–Trinajstić information content (AvgIpc) is 3.47. The molecule has 166 valence electrons. The number of hydrogen-bond donors (Lipinski definition) is 1. The van der Waals surface area contributed by atoms with Crippen molar-refractivity contribution in [2.75, 3.05) is 0 Å². The van der Waals surface area contributed by atoms with E-state index in [1.165, 1.54) is 4.88 Å². The second kappa shape index (κ2) is 8.87. The number of benzene rings is 1. The van der Waals surface area contributed by atoms with Gasteiger partial charge in [0.2, 0.25) is 0 Å². The normalized spacial score (nSPS) is 23.9. The number of carbonyl (C=O) groups excluding carboxylic acids is 2. The lowest BCUT2D eigenvalue weighted by atomic mass is 9.72. The van der Waals surface area contributed by atoms with Crippen LogP contribution < -0.4 is 5.32 Å². The highest BCUT2D eigenvalue weighted by Gasteiger charge is 2.42. The second-order valence-corrected chi connectivity index (χ2v) is 10.3. The van der Waals surface area contributed by atoms with Crippen LogP contribution in [0.3, 0.4) is 0 Å². The first-order valence-electron chi connectivity index (χ1n) is 11.2. The van der Waals surface area contributed by atoms with Gasteiger partial charge in [-0.3, -0.25) is 4.79 Å². The number of allylic oxidation sites excluding steroid dienone is 3. The lowest BCUT2D eigenvalue weighted by Gasteiger charge is -2.36. The summed E-state index contributed by atoms with van der Waals surface area (Å²) in [4.78, 5) is 28.1. The number of dihydropyridines is 1. The maximum atomic E-state index is 13.5. The third-order valence-corrected chi connectivity index (χ3v) is 8.02. The van der Waals surface area contributed by atoms with Crippen LogP contribution in [0.25, 0.3) is 0 Å². The molecule has 0 radical (unpaired) electrons. The summed E-state index contributed by atoms with van der Waals surface area (Å²) in [6.45, 7) is 1.91. The summed E-state index contributed by atoms with van der Waals surface area (Å²) in [5.41, 5.74) is 3.74. The molecular weight excluding hydrogens is 442 g/mol. The molecule has 1 saturated carbocycles. The van der Waals surface area contributed by atoms with Crippen molar-refractivity contribution in [3.05, 3.63) is 79.8 Å². The molecule has 2 aliphatic carbocycles. The Kier molecular flexibility index (Phi) is 5.95. The number of Topliss-reactive ketones (excluding diaryl/α,β-unsaturated/α-hetero) is 1. The minimum atomic E-state index is -0.462. The van der Waals surface area contributed by atoms with Gasteiger partial charge in [-0.2, -0.15) is 0 Å². The van der Waals surface area contributed by atoms with E-state index in [0.717, 1.165) is 49.1 Å². The largest absolute Gasteiger partial charge is 0.459 e. The van der Waals surface area contributed by atoms with Crippen LogP contribution in [0.4, 0.5) is 0 Å². The van der Waals surface area contributed by atoms with E-state index in [2.05, 4.69) is 16.8 Å². The number of hydrogen-bond acceptors (Lipinski definition) is 5. The monoisotopic (exact) mass is 467 g/mol. The Balaban J connectivity index is 1.55. The Labute approximate surface area is 197 Å². The van der Waals surface area contributed by atoms with Crippen LogP contribution in [0.2, 0.25) is 5.02 Å². The third kappa shape index (κ3) is 4.04. The van der Waals surface area contributed by atoms with Crippen molar-refractivity contribution >= 4 is 34.7 Å². The molecule has 4 nitrogen and oxygen atoms in total. The van der Waals surface area contributed by atoms with E-state index in [9.17, 15) is 9.59 Å². The summed E-state index contributed by atoms with van der Waals surface area (Å²) >= 11 is 8.01. The first-order valence-corrected chi connectivity index (χ1v) is 12.5. The van der Waals surface area contributed by atoms with Gasteiger partial charge in [0.25, 0.3) is 0 Å². The molecule has 1 aliphatic heterocycles. The highest BCUT2D eigenvalue weighted by molar-refractivity contribution is 7.10. The Bertz CT molecular complexity index is 1110. The van der Waals surface area contributed by atoms with Gasteiger partial charge >= 0.3 is 5.97 Å². The average molecular weight is 468 g/mol. The molecule has 2 unspecified atom stereocenters. The van der Waals surface area contributed by atoms with Crippen LogP contribution in [0.15, 0.2) is 64.3 Å². The SMILES string of the molecule is CC1=C(C(=O)OC2CCCC2)C(c2cccc(Cl)c2)C2=C(CC(c3cccs3)CC2=O)N1. The zero-order chi connectivity index (χ0) is 22.2. The first-order chi connectivity index (χ1) is 15.5. The zero-order valence-electron chi connectivity index (χ0n) is 18.0. The van der Waals surface area contributed by atoms with Crippen molar-refractivity contribution in [3.8, 4) is 0 Å². The van der Waals surface area contributed by atoms with E-state index in [4.69, 9.17) is 16.3 Å². The van der Waals surface area contributed by atoms with Gasteiger partial charge < -0.3 is 10.1 Å². The topological polar surface area (TPSA) is 55.4 Å². The van der Waals surface area contributed by atoms with Gasteiger partial charge in [0.1, 0.15) is 6.10 Å². The Morgan fingerprint density at radius 3 is 2.69 bits per heavy atom. The molecule has 2 heterocycles. The summed E-state index contributed by atoms with van der Waals surface area (Å²) < 4.78 is 5.90. The van der Waals surface area contributed by atoms with Crippen LogP contribution in [0.1, 0.15) is 67.7 Å². The summed E-state index contributed by atoms with van der Waals surface area (Å²) in [7, 11) is 0. The minimum Gasteiger partial charge on any atom is -0.459 e. The van der Waals surface area contributed by atoms with Crippen molar-refractivity contribution in [2.24, 2.45) is 0 Å². The summed E-state index contributed by atoms with van der Waals surface area (Å²) in [6.07, 6.45) is 5.14. The summed E-state index contributed by atoms with van der Waals surface area (Å²) in [6, 6.07) is 11.6. The van der Waals surface area contributed by atoms with Gasteiger partial charge in [0.15, 0.2) is 5.78 Å². The molecular formula is C26H26ClNO3S. The molecule has 6 heteroatoms. The summed E-state index contributed by atoms with van der Waals surface area (Å²) in [5, 5.41) is 6.06. The van der Waals surface area contributed by atoms with Gasteiger partial charge in [-0.25, -0.2) is 4.79 Å². The van der Waals surface area contributed by atoms with Gasteiger partial charge in [-0.05, 0) is 68.2 Å². The number of ketones is 1. The smallest absolute Gasteiger partial charge is 0.337 e. The van der Waals surface area contributed by atoms with E-state index in [-0.39, 0.29) is 23.8 Å². The molecule has 2 atom stereocenters.